The van der Waals surface area contributed by atoms with E-state index in [2.05, 4.69) is 43.3 Å². The summed E-state index contributed by atoms with van der Waals surface area (Å²) in [6.45, 7) is 4.22. The van der Waals surface area contributed by atoms with Crippen molar-refractivity contribution in [2.24, 2.45) is 0 Å². The van der Waals surface area contributed by atoms with Gasteiger partial charge in [-0.3, -0.25) is 0 Å². The highest BCUT2D eigenvalue weighted by molar-refractivity contribution is 5.86. The maximum absolute atomic E-state index is 8.87. The molecular formula is C15H16O. The van der Waals surface area contributed by atoms with Crippen molar-refractivity contribution in [3.8, 4) is 0 Å². The summed E-state index contributed by atoms with van der Waals surface area (Å²) in [4.78, 5) is 0. The molecule has 0 bridgehead atoms. The largest absolute Gasteiger partial charge is 0.392 e. The van der Waals surface area contributed by atoms with Gasteiger partial charge in [0.25, 0.3) is 0 Å². The van der Waals surface area contributed by atoms with Crippen LogP contribution >= 0.6 is 0 Å². The van der Waals surface area contributed by atoms with Crippen molar-refractivity contribution < 1.29 is 5.11 Å². The fourth-order valence-corrected chi connectivity index (χ4v) is 1.87. The first-order valence-electron chi connectivity index (χ1n) is 5.49. The van der Waals surface area contributed by atoms with Crippen molar-refractivity contribution >= 4 is 16.3 Å². The Labute approximate surface area is 96.0 Å². The smallest absolute Gasteiger partial charge is 0.0618 e. The Kier molecular flexibility index (Phi) is 3.07. The van der Waals surface area contributed by atoms with E-state index in [9.17, 15) is 0 Å². The van der Waals surface area contributed by atoms with Crippen molar-refractivity contribution in [3.05, 3.63) is 53.6 Å². The van der Waals surface area contributed by atoms with Crippen LogP contribution in [-0.4, -0.2) is 11.7 Å². The SMILES string of the molecule is CC(=CCO)c1ccc2cc(C)ccc2c1. The van der Waals surface area contributed by atoms with Crippen molar-refractivity contribution in [2.75, 3.05) is 6.61 Å². The molecule has 0 atom stereocenters. The quantitative estimate of drug-likeness (QED) is 0.807. The van der Waals surface area contributed by atoms with E-state index >= 15 is 0 Å². The van der Waals surface area contributed by atoms with Crippen LogP contribution in [0.4, 0.5) is 0 Å². The molecule has 0 radical (unpaired) electrons. The molecule has 2 aromatic rings. The Hall–Kier alpha value is -1.60. The zero-order valence-electron chi connectivity index (χ0n) is 9.70. The van der Waals surface area contributed by atoms with Gasteiger partial charge in [0.2, 0.25) is 0 Å². The van der Waals surface area contributed by atoms with Gasteiger partial charge in [-0.2, -0.15) is 0 Å². The van der Waals surface area contributed by atoms with Crippen LogP contribution in [0.1, 0.15) is 18.1 Å². The molecule has 0 saturated carbocycles. The Balaban J connectivity index is 2.52. The van der Waals surface area contributed by atoms with Crippen LogP contribution in [0.3, 0.4) is 0 Å². The van der Waals surface area contributed by atoms with Crippen LogP contribution in [0, 0.1) is 6.92 Å². The second-order valence-electron chi connectivity index (χ2n) is 4.14. The maximum atomic E-state index is 8.87. The lowest BCUT2D eigenvalue weighted by atomic mass is 10.0. The monoisotopic (exact) mass is 212 g/mol. The number of benzene rings is 2. The Bertz CT molecular complexity index is 538. The topological polar surface area (TPSA) is 20.2 Å². The summed E-state index contributed by atoms with van der Waals surface area (Å²) < 4.78 is 0. The van der Waals surface area contributed by atoms with Crippen LogP contribution in [0.5, 0.6) is 0 Å². The number of hydrogen-bond acceptors (Lipinski definition) is 1. The first-order valence-corrected chi connectivity index (χ1v) is 5.49. The van der Waals surface area contributed by atoms with Gasteiger partial charge < -0.3 is 5.11 Å². The predicted molar refractivity (Wildman–Crippen MR) is 69.4 cm³/mol. The molecule has 1 heteroatoms. The third-order valence-corrected chi connectivity index (χ3v) is 2.85. The van der Waals surface area contributed by atoms with Gasteiger partial charge in [0, 0.05) is 0 Å². The number of allylic oxidation sites excluding steroid dienone is 1. The fourth-order valence-electron chi connectivity index (χ4n) is 1.87. The van der Waals surface area contributed by atoms with Gasteiger partial charge in [0.1, 0.15) is 0 Å². The molecule has 1 N–H and O–H groups in total. The average Bonchev–Trinajstić information content (AvgIpc) is 2.28. The number of aliphatic hydroxyl groups is 1. The third-order valence-electron chi connectivity index (χ3n) is 2.85. The highest BCUT2D eigenvalue weighted by Crippen LogP contribution is 2.21. The maximum Gasteiger partial charge on any atom is 0.0618 e. The zero-order valence-corrected chi connectivity index (χ0v) is 9.70. The summed E-state index contributed by atoms with van der Waals surface area (Å²) in [5, 5.41) is 11.4. The highest BCUT2D eigenvalue weighted by atomic mass is 16.2. The van der Waals surface area contributed by atoms with Crippen LogP contribution in [0.25, 0.3) is 16.3 Å². The van der Waals surface area contributed by atoms with Gasteiger partial charge in [-0.05, 0) is 41.8 Å². The molecule has 0 aliphatic carbocycles. The average molecular weight is 212 g/mol. The molecule has 0 aliphatic rings. The van der Waals surface area contributed by atoms with Gasteiger partial charge in [-0.25, -0.2) is 0 Å². The minimum absolute atomic E-state index is 0.0950. The van der Waals surface area contributed by atoms with Crippen molar-refractivity contribution in [3.63, 3.8) is 0 Å². The summed E-state index contributed by atoms with van der Waals surface area (Å²) in [5.41, 5.74) is 3.57. The van der Waals surface area contributed by atoms with Crippen molar-refractivity contribution in [1.29, 1.82) is 0 Å². The Morgan fingerprint density at radius 1 is 1.12 bits per heavy atom. The number of rotatable bonds is 2. The van der Waals surface area contributed by atoms with Crippen LogP contribution in [-0.2, 0) is 0 Å². The lowest BCUT2D eigenvalue weighted by Crippen LogP contribution is -1.83. The minimum atomic E-state index is 0.0950. The second kappa shape index (κ2) is 4.50. The number of aliphatic hydroxyl groups excluding tert-OH is 1. The molecule has 0 aromatic heterocycles. The summed E-state index contributed by atoms with van der Waals surface area (Å²) >= 11 is 0. The number of hydrogen-bond donors (Lipinski definition) is 1. The van der Waals surface area contributed by atoms with Gasteiger partial charge in [-0.15, -0.1) is 0 Å². The molecule has 0 saturated heterocycles. The molecule has 0 heterocycles. The van der Waals surface area contributed by atoms with E-state index in [0.29, 0.717) is 0 Å². The normalized spacial score (nSPS) is 12.1. The van der Waals surface area contributed by atoms with E-state index < -0.39 is 0 Å². The fraction of sp³-hybridized carbons (Fsp3) is 0.200. The predicted octanol–water partition coefficient (Wildman–Crippen LogP) is 3.54. The molecule has 82 valence electrons. The lowest BCUT2D eigenvalue weighted by molar-refractivity contribution is 0.343. The van der Waals surface area contributed by atoms with E-state index in [4.69, 9.17) is 5.11 Å². The van der Waals surface area contributed by atoms with E-state index in [1.165, 1.54) is 21.9 Å². The Morgan fingerprint density at radius 3 is 2.56 bits per heavy atom. The second-order valence-corrected chi connectivity index (χ2v) is 4.14. The van der Waals surface area contributed by atoms with E-state index in [-0.39, 0.29) is 6.61 Å². The molecule has 0 fully saturated rings. The molecule has 2 rings (SSSR count). The Morgan fingerprint density at radius 2 is 1.81 bits per heavy atom. The minimum Gasteiger partial charge on any atom is -0.392 e. The summed E-state index contributed by atoms with van der Waals surface area (Å²) in [7, 11) is 0. The summed E-state index contributed by atoms with van der Waals surface area (Å²) in [5.74, 6) is 0. The van der Waals surface area contributed by atoms with Gasteiger partial charge >= 0.3 is 0 Å². The molecule has 0 unspecified atom stereocenters. The molecular weight excluding hydrogens is 196 g/mol. The number of fused-ring (bicyclic) bond motifs is 1. The van der Waals surface area contributed by atoms with Gasteiger partial charge in [0.05, 0.1) is 6.61 Å². The first-order chi connectivity index (χ1) is 7.70. The van der Waals surface area contributed by atoms with E-state index in [1.807, 2.05) is 13.0 Å². The highest BCUT2D eigenvalue weighted by Gasteiger charge is 1.98. The first kappa shape index (κ1) is 10.9. The van der Waals surface area contributed by atoms with Crippen LogP contribution in [0.15, 0.2) is 42.5 Å². The van der Waals surface area contributed by atoms with E-state index in [0.717, 1.165) is 5.57 Å². The van der Waals surface area contributed by atoms with Crippen molar-refractivity contribution in [2.45, 2.75) is 13.8 Å². The van der Waals surface area contributed by atoms with E-state index in [1.54, 1.807) is 0 Å². The molecule has 2 aromatic carbocycles. The molecule has 0 aliphatic heterocycles. The summed E-state index contributed by atoms with van der Waals surface area (Å²) in [6.07, 6.45) is 1.83. The molecule has 0 amide bonds. The zero-order chi connectivity index (χ0) is 11.5. The van der Waals surface area contributed by atoms with Crippen LogP contribution < -0.4 is 0 Å². The molecule has 16 heavy (non-hydrogen) atoms. The molecule has 0 spiro atoms. The molecule has 1 nitrogen and oxygen atoms in total. The summed E-state index contributed by atoms with van der Waals surface area (Å²) in [6, 6.07) is 12.8. The third kappa shape index (κ3) is 2.15. The lowest BCUT2D eigenvalue weighted by Gasteiger charge is -2.04. The number of aryl methyl sites for hydroxylation is 1. The van der Waals surface area contributed by atoms with Crippen molar-refractivity contribution in [1.82, 2.24) is 0 Å². The standard InChI is InChI=1S/C15H16O/c1-11-3-4-15-10-13(12(2)7-8-16)5-6-14(15)9-11/h3-7,9-10,16H,8H2,1-2H3. The van der Waals surface area contributed by atoms with Crippen LogP contribution in [0.2, 0.25) is 0 Å². The van der Waals surface area contributed by atoms with Gasteiger partial charge in [0.15, 0.2) is 0 Å². The van der Waals surface area contributed by atoms with Gasteiger partial charge in [-0.1, -0.05) is 42.0 Å².